The number of rotatable bonds is 4. The van der Waals surface area contributed by atoms with Crippen LogP contribution in [0.5, 0.6) is 0 Å². The Balaban J connectivity index is 2.24. The summed E-state index contributed by atoms with van der Waals surface area (Å²) in [6, 6.07) is 3.87. The van der Waals surface area contributed by atoms with Crippen LogP contribution in [0.2, 0.25) is 0 Å². The summed E-state index contributed by atoms with van der Waals surface area (Å²) in [4.78, 5) is 5.19. The zero-order valence-electron chi connectivity index (χ0n) is 8.21. The molecule has 0 saturated carbocycles. The number of hydrogen-bond donors (Lipinski definition) is 1. The van der Waals surface area contributed by atoms with Crippen molar-refractivity contribution < 1.29 is 9.26 Å². The lowest BCUT2D eigenvalue weighted by molar-refractivity contribution is 0.0804. The van der Waals surface area contributed by atoms with E-state index in [0.29, 0.717) is 18.3 Å². The molecule has 0 amide bonds. The molecule has 1 unspecified atom stereocenters. The summed E-state index contributed by atoms with van der Waals surface area (Å²) in [7, 11) is 1.56. The molecule has 1 atom stereocenters. The van der Waals surface area contributed by atoms with Crippen molar-refractivity contribution in [2.75, 3.05) is 13.7 Å². The van der Waals surface area contributed by atoms with Gasteiger partial charge in [0.25, 0.3) is 5.89 Å². The summed E-state index contributed by atoms with van der Waals surface area (Å²) in [5, 5.41) is 5.82. The van der Waals surface area contributed by atoms with Gasteiger partial charge in [0.1, 0.15) is 6.10 Å². The average molecular weight is 225 g/mol. The Morgan fingerprint density at radius 1 is 1.67 bits per heavy atom. The van der Waals surface area contributed by atoms with E-state index < -0.39 is 0 Å². The molecular formula is C9H11N3O2S. The lowest BCUT2D eigenvalue weighted by Gasteiger charge is -2.05. The maximum absolute atomic E-state index is 5.49. The van der Waals surface area contributed by atoms with E-state index in [1.165, 1.54) is 0 Å². The Morgan fingerprint density at radius 3 is 3.13 bits per heavy atom. The zero-order chi connectivity index (χ0) is 10.7. The first-order valence-electron chi connectivity index (χ1n) is 4.45. The van der Waals surface area contributed by atoms with Crippen molar-refractivity contribution in [3.63, 3.8) is 0 Å². The van der Waals surface area contributed by atoms with Crippen LogP contribution in [0, 0.1) is 0 Å². The van der Waals surface area contributed by atoms with Crippen LogP contribution in [-0.2, 0) is 4.74 Å². The number of thiophene rings is 1. The molecule has 2 aromatic rings. The summed E-state index contributed by atoms with van der Waals surface area (Å²) < 4.78 is 10.2. The summed E-state index contributed by atoms with van der Waals surface area (Å²) in [6.07, 6.45) is -0.328. The van der Waals surface area contributed by atoms with Crippen LogP contribution in [0.1, 0.15) is 12.0 Å². The van der Waals surface area contributed by atoms with E-state index in [-0.39, 0.29) is 6.10 Å². The highest BCUT2D eigenvalue weighted by Crippen LogP contribution is 2.23. The largest absolute Gasteiger partial charge is 0.370 e. The molecule has 0 aliphatic carbocycles. The maximum atomic E-state index is 5.49. The van der Waals surface area contributed by atoms with Gasteiger partial charge in [-0.1, -0.05) is 11.2 Å². The molecule has 0 radical (unpaired) electrons. The Kier molecular flexibility index (Phi) is 3.10. The molecule has 2 heterocycles. The Bertz CT molecular complexity index is 409. The van der Waals surface area contributed by atoms with Crippen molar-refractivity contribution in [2.45, 2.75) is 6.10 Å². The third-order valence-corrected chi connectivity index (χ3v) is 2.82. The molecule has 0 aromatic carbocycles. The minimum Gasteiger partial charge on any atom is -0.370 e. The predicted octanol–water partition coefficient (Wildman–Crippen LogP) is 1.44. The monoisotopic (exact) mass is 225 g/mol. The van der Waals surface area contributed by atoms with E-state index in [4.69, 9.17) is 15.0 Å². The van der Waals surface area contributed by atoms with Crippen LogP contribution in [0.25, 0.3) is 10.7 Å². The van der Waals surface area contributed by atoms with Gasteiger partial charge in [-0.25, -0.2) is 0 Å². The second kappa shape index (κ2) is 4.52. The highest BCUT2D eigenvalue weighted by atomic mass is 32.1. The maximum Gasteiger partial charge on any atom is 0.257 e. The molecule has 2 N–H and O–H groups in total. The molecule has 2 aromatic heterocycles. The topological polar surface area (TPSA) is 74.2 Å². The normalized spacial score (nSPS) is 12.9. The van der Waals surface area contributed by atoms with Gasteiger partial charge >= 0.3 is 0 Å². The quantitative estimate of drug-likeness (QED) is 0.852. The highest BCUT2D eigenvalue weighted by Gasteiger charge is 2.17. The van der Waals surface area contributed by atoms with Gasteiger partial charge in [0.2, 0.25) is 5.82 Å². The molecule has 0 spiro atoms. The van der Waals surface area contributed by atoms with Gasteiger partial charge in [-0.3, -0.25) is 0 Å². The number of aromatic nitrogens is 2. The first kappa shape index (κ1) is 10.3. The zero-order valence-corrected chi connectivity index (χ0v) is 9.03. The third kappa shape index (κ3) is 2.06. The van der Waals surface area contributed by atoms with Crippen LogP contribution >= 0.6 is 11.3 Å². The summed E-state index contributed by atoms with van der Waals surface area (Å²) >= 11 is 1.56. The van der Waals surface area contributed by atoms with Crippen molar-refractivity contribution in [1.82, 2.24) is 10.1 Å². The first-order valence-corrected chi connectivity index (χ1v) is 5.33. The molecule has 5 nitrogen and oxygen atoms in total. The van der Waals surface area contributed by atoms with Crippen LogP contribution < -0.4 is 5.73 Å². The lowest BCUT2D eigenvalue weighted by atomic mass is 10.3. The van der Waals surface area contributed by atoms with Crippen molar-refractivity contribution in [1.29, 1.82) is 0 Å². The fourth-order valence-electron chi connectivity index (χ4n) is 1.17. The molecule has 0 bridgehead atoms. The number of nitrogens with zero attached hydrogens (tertiary/aromatic N) is 2. The third-order valence-electron chi connectivity index (χ3n) is 1.96. The SMILES string of the molecule is COC(CN)c1nc(-c2cccs2)no1. The Morgan fingerprint density at radius 2 is 2.53 bits per heavy atom. The van der Waals surface area contributed by atoms with Gasteiger partial charge in [-0.05, 0) is 11.4 Å². The van der Waals surface area contributed by atoms with Crippen LogP contribution in [0.4, 0.5) is 0 Å². The van der Waals surface area contributed by atoms with Crippen molar-refractivity contribution in [3.05, 3.63) is 23.4 Å². The molecule has 6 heteroatoms. The molecule has 15 heavy (non-hydrogen) atoms. The molecule has 80 valence electrons. The van der Waals surface area contributed by atoms with Gasteiger partial charge in [0.05, 0.1) is 4.88 Å². The fourth-order valence-corrected chi connectivity index (χ4v) is 1.82. The number of nitrogens with two attached hydrogens (primary N) is 1. The number of ether oxygens (including phenoxy) is 1. The molecule has 0 aliphatic heterocycles. The lowest BCUT2D eigenvalue weighted by Crippen LogP contribution is -2.14. The fraction of sp³-hybridized carbons (Fsp3) is 0.333. The van der Waals surface area contributed by atoms with E-state index in [1.807, 2.05) is 17.5 Å². The first-order chi connectivity index (χ1) is 7.35. The van der Waals surface area contributed by atoms with Gasteiger partial charge in [-0.2, -0.15) is 4.98 Å². The number of methoxy groups -OCH3 is 1. The van der Waals surface area contributed by atoms with Gasteiger partial charge in [0.15, 0.2) is 0 Å². The van der Waals surface area contributed by atoms with Crippen molar-refractivity contribution >= 4 is 11.3 Å². The van der Waals surface area contributed by atoms with E-state index >= 15 is 0 Å². The molecular weight excluding hydrogens is 214 g/mol. The molecule has 0 saturated heterocycles. The average Bonchev–Trinajstić information content (AvgIpc) is 2.89. The predicted molar refractivity (Wildman–Crippen MR) is 56.4 cm³/mol. The van der Waals surface area contributed by atoms with Crippen molar-refractivity contribution in [3.8, 4) is 10.7 Å². The summed E-state index contributed by atoms with van der Waals surface area (Å²) in [6.45, 7) is 0.322. The van der Waals surface area contributed by atoms with E-state index in [2.05, 4.69) is 10.1 Å². The van der Waals surface area contributed by atoms with Crippen LogP contribution in [-0.4, -0.2) is 23.8 Å². The molecule has 0 fully saturated rings. The standard InChI is InChI=1S/C9H11N3O2S/c1-13-6(5-10)9-11-8(12-14-9)7-3-2-4-15-7/h2-4,6H,5,10H2,1H3. The summed E-state index contributed by atoms with van der Waals surface area (Å²) in [5.74, 6) is 0.999. The van der Waals surface area contributed by atoms with Crippen LogP contribution in [0.15, 0.2) is 22.0 Å². The highest BCUT2D eigenvalue weighted by molar-refractivity contribution is 7.13. The van der Waals surface area contributed by atoms with E-state index in [9.17, 15) is 0 Å². The number of hydrogen-bond acceptors (Lipinski definition) is 6. The Hall–Kier alpha value is -1.24. The van der Waals surface area contributed by atoms with Crippen LogP contribution in [0.3, 0.4) is 0 Å². The minimum atomic E-state index is -0.328. The molecule has 2 rings (SSSR count). The summed E-state index contributed by atoms with van der Waals surface area (Å²) in [5.41, 5.74) is 5.49. The van der Waals surface area contributed by atoms with Gasteiger partial charge in [0, 0.05) is 13.7 Å². The van der Waals surface area contributed by atoms with Gasteiger partial charge < -0.3 is 15.0 Å². The Labute approximate surface area is 90.9 Å². The van der Waals surface area contributed by atoms with E-state index in [0.717, 1.165) is 4.88 Å². The van der Waals surface area contributed by atoms with Crippen molar-refractivity contribution in [2.24, 2.45) is 5.73 Å². The minimum absolute atomic E-state index is 0.322. The second-order valence-electron chi connectivity index (χ2n) is 2.89. The van der Waals surface area contributed by atoms with Gasteiger partial charge in [-0.15, -0.1) is 11.3 Å². The second-order valence-corrected chi connectivity index (χ2v) is 3.84. The molecule has 0 aliphatic rings. The smallest absolute Gasteiger partial charge is 0.257 e. The van der Waals surface area contributed by atoms with E-state index in [1.54, 1.807) is 18.4 Å².